The van der Waals surface area contributed by atoms with E-state index in [9.17, 15) is 0 Å². The number of imidazole rings is 1. The first-order valence-electron chi connectivity index (χ1n) is 7.32. The minimum absolute atomic E-state index is 0.582. The highest BCUT2D eigenvalue weighted by Crippen LogP contribution is 2.16. The van der Waals surface area contributed by atoms with Gasteiger partial charge in [0.25, 0.3) is 0 Å². The van der Waals surface area contributed by atoms with Crippen molar-refractivity contribution in [2.45, 2.75) is 13.1 Å². The molecule has 23 heavy (non-hydrogen) atoms. The number of hydrogen-bond acceptors (Lipinski definition) is 6. The molecule has 0 radical (unpaired) electrons. The third-order valence-corrected chi connectivity index (χ3v) is 3.39. The first kappa shape index (κ1) is 15.1. The van der Waals surface area contributed by atoms with E-state index in [1.807, 2.05) is 29.0 Å². The van der Waals surface area contributed by atoms with E-state index in [2.05, 4.69) is 25.3 Å². The molecular weight excluding hydrogens is 292 g/mol. The number of nitrogens with one attached hydrogen (secondary N) is 1. The highest BCUT2D eigenvalue weighted by Gasteiger charge is 2.05. The second-order valence-corrected chi connectivity index (χ2v) is 4.93. The summed E-state index contributed by atoms with van der Waals surface area (Å²) < 4.78 is 7.14. The SMILES string of the molecule is COCCn1cncc1CNc1nccc(-c2ccncc2)n1. The van der Waals surface area contributed by atoms with Crippen LogP contribution in [0.2, 0.25) is 0 Å². The van der Waals surface area contributed by atoms with Crippen molar-refractivity contribution in [3.8, 4) is 11.3 Å². The van der Waals surface area contributed by atoms with Crippen molar-refractivity contribution >= 4 is 5.95 Å². The van der Waals surface area contributed by atoms with Gasteiger partial charge in [0, 0.05) is 44.0 Å². The highest BCUT2D eigenvalue weighted by atomic mass is 16.5. The van der Waals surface area contributed by atoms with Crippen molar-refractivity contribution in [3.05, 3.63) is 55.0 Å². The lowest BCUT2D eigenvalue weighted by Crippen LogP contribution is -2.11. The Hall–Kier alpha value is -2.80. The number of hydrogen-bond donors (Lipinski definition) is 1. The van der Waals surface area contributed by atoms with Crippen LogP contribution in [0.1, 0.15) is 5.69 Å². The van der Waals surface area contributed by atoms with Crippen molar-refractivity contribution in [2.75, 3.05) is 19.0 Å². The molecule has 7 heteroatoms. The maximum absolute atomic E-state index is 5.10. The second kappa shape index (κ2) is 7.46. The lowest BCUT2D eigenvalue weighted by molar-refractivity contribution is 0.186. The average Bonchev–Trinajstić information content (AvgIpc) is 3.06. The van der Waals surface area contributed by atoms with Gasteiger partial charge in [0.05, 0.1) is 30.9 Å². The first-order chi connectivity index (χ1) is 11.4. The van der Waals surface area contributed by atoms with E-state index in [0.29, 0.717) is 19.1 Å². The van der Waals surface area contributed by atoms with Crippen LogP contribution in [-0.4, -0.2) is 38.2 Å². The van der Waals surface area contributed by atoms with Crippen molar-refractivity contribution in [1.82, 2.24) is 24.5 Å². The predicted octanol–water partition coefficient (Wildman–Crippen LogP) is 1.99. The fourth-order valence-corrected chi connectivity index (χ4v) is 2.18. The summed E-state index contributed by atoms with van der Waals surface area (Å²) in [6, 6.07) is 5.72. The van der Waals surface area contributed by atoms with Gasteiger partial charge in [-0.1, -0.05) is 0 Å². The van der Waals surface area contributed by atoms with Crippen LogP contribution in [0, 0.1) is 0 Å². The van der Waals surface area contributed by atoms with Gasteiger partial charge in [-0.25, -0.2) is 15.0 Å². The summed E-state index contributed by atoms with van der Waals surface area (Å²) in [7, 11) is 1.69. The number of rotatable bonds is 7. The third-order valence-electron chi connectivity index (χ3n) is 3.39. The second-order valence-electron chi connectivity index (χ2n) is 4.93. The van der Waals surface area contributed by atoms with Crippen LogP contribution >= 0.6 is 0 Å². The van der Waals surface area contributed by atoms with Crippen LogP contribution in [0.15, 0.2) is 49.3 Å². The number of anilines is 1. The molecule has 0 aliphatic rings. The van der Waals surface area contributed by atoms with E-state index in [4.69, 9.17) is 4.74 Å². The fraction of sp³-hybridized carbons (Fsp3) is 0.250. The maximum Gasteiger partial charge on any atom is 0.223 e. The van der Waals surface area contributed by atoms with E-state index in [1.54, 1.807) is 32.0 Å². The molecule has 0 amide bonds. The van der Waals surface area contributed by atoms with Gasteiger partial charge in [-0.05, 0) is 18.2 Å². The molecule has 0 unspecified atom stereocenters. The molecule has 0 atom stereocenters. The van der Waals surface area contributed by atoms with Gasteiger partial charge in [-0.15, -0.1) is 0 Å². The Morgan fingerprint density at radius 1 is 1.13 bits per heavy atom. The van der Waals surface area contributed by atoms with Gasteiger partial charge in [-0.2, -0.15) is 0 Å². The van der Waals surface area contributed by atoms with E-state index in [-0.39, 0.29) is 0 Å². The summed E-state index contributed by atoms with van der Waals surface area (Å²) >= 11 is 0. The summed E-state index contributed by atoms with van der Waals surface area (Å²) in [6.07, 6.45) is 8.87. The largest absolute Gasteiger partial charge is 0.383 e. The molecular formula is C16H18N6O. The number of ether oxygens (including phenoxy) is 1. The van der Waals surface area contributed by atoms with Gasteiger partial charge in [0.2, 0.25) is 5.95 Å². The summed E-state index contributed by atoms with van der Waals surface area (Å²) in [4.78, 5) is 17.0. The van der Waals surface area contributed by atoms with Gasteiger partial charge >= 0.3 is 0 Å². The normalized spacial score (nSPS) is 10.7. The molecule has 3 rings (SSSR count). The standard InChI is InChI=1S/C16H18N6O/c1-23-9-8-22-12-18-10-14(22)11-20-16-19-7-4-15(21-16)13-2-5-17-6-3-13/h2-7,10,12H,8-9,11H2,1H3,(H,19,20,21). The number of aromatic nitrogens is 5. The summed E-state index contributed by atoms with van der Waals surface area (Å²) in [5, 5.41) is 3.23. The highest BCUT2D eigenvalue weighted by molar-refractivity contribution is 5.58. The third kappa shape index (κ3) is 3.89. The zero-order valence-corrected chi connectivity index (χ0v) is 12.9. The maximum atomic E-state index is 5.10. The Labute approximate surface area is 134 Å². The zero-order valence-electron chi connectivity index (χ0n) is 12.9. The molecule has 0 saturated heterocycles. The fourth-order valence-electron chi connectivity index (χ4n) is 2.18. The predicted molar refractivity (Wildman–Crippen MR) is 86.7 cm³/mol. The Kier molecular flexibility index (Phi) is 4.90. The molecule has 0 aliphatic heterocycles. The van der Waals surface area contributed by atoms with Crippen LogP contribution in [-0.2, 0) is 17.8 Å². The van der Waals surface area contributed by atoms with Crippen molar-refractivity contribution in [3.63, 3.8) is 0 Å². The van der Waals surface area contributed by atoms with Crippen LogP contribution in [0.25, 0.3) is 11.3 Å². The van der Waals surface area contributed by atoms with E-state index in [1.165, 1.54) is 0 Å². The van der Waals surface area contributed by atoms with Gasteiger partial charge in [0.15, 0.2) is 0 Å². The van der Waals surface area contributed by atoms with Crippen LogP contribution in [0.3, 0.4) is 0 Å². The van der Waals surface area contributed by atoms with Crippen LogP contribution < -0.4 is 5.32 Å². The molecule has 0 aromatic carbocycles. The Bertz CT molecular complexity index is 743. The van der Waals surface area contributed by atoms with E-state index in [0.717, 1.165) is 23.5 Å². The van der Waals surface area contributed by atoms with Gasteiger partial charge in [-0.3, -0.25) is 4.98 Å². The van der Waals surface area contributed by atoms with Crippen molar-refractivity contribution in [1.29, 1.82) is 0 Å². The number of methoxy groups -OCH3 is 1. The monoisotopic (exact) mass is 310 g/mol. The van der Waals surface area contributed by atoms with Crippen LogP contribution in [0.5, 0.6) is 0 Å². The molecule has 1 N–H and O–H groups in total. The number of nitrogens with zero attached hydrogens (tertiary/aromatic N) is 5. The molecule has 0 aliphatic carbocycles. The summed E-state index contributed by atoms with van der Waals surface area (Å²) in [5.41, 5.74) is 2.92. The molecule has 0 spiro atoms. The van der Waals surface area contributed by atoms with E-state index >= 15 is 0 Å². The van der Waals surface area contributed by atoms with Crippen molar-refractivity contribution in [2.24, 2.45) is 0 Å². The number of pyridine rings is 1. The molecule has 3 heterocycles. The molecule has 3 aromatic rings. The molecule has 0 saturated carbocycles. The topological polar surface area (TPSA) is 77.8 Å². The summed E-state index contributed by atoms with van der Waals surface area (Å²) in [6.45, 7) is 2.02. The first-order valence-corrected chi connectivity index (χ1v) is 7.32. The van der Waals surface area contributed by atoms with E-state index < -0.39 is 0 Å². The quantitative estimate of drug-likeness (QED) is 0.719. The Morgan fingerprint density at radius 2 is 2.00 bits per heavy atom. The minimum Gasteiger partial charge on any atom is -0.383 e. The van der Waals surface area contributed by atoms with Crippen LogP contribution in [0.4, 0.5) is 5.95 Å². The molecule has 0 fully saturated rings. The van der Waals surface area contributed by atoms with Crippen molar-refractivity contribution < 1.29 is 4.74 Å². The molecule has 118 valence electrons. The Morgan fingerprint density at radius 3 is 2.83 bits per heavy atom. The Balaban J connectivity index is 1.68. The molecule has 7 nitrogen and oxygen atoms in total. The lowest BCUT2D eigenvalue weighted by Gasteiger charge is -2.09. The minimum atomic E-state index is 0.582. The van der Waals surface area contributed by atoms with Gasteiger partial charge in [0.1, 0.15) is 0 Å². The summed E-state index contributed by atoms with van der Waals surface area (Å²) in [5.74, 6) is 0.582. The zero-order chi connectivity index (χ0) is 15.9. The molecule has 3 aromatic heterocycles. The van der Waals surface area contributed by atoms with Gasteiger partial charge < -0.3 is 14.6 Å². The average molecular weight is 310 g/mol. The molecule has 0 bridgehead atoms. The lowest BCUT2D eigenvalue weighted by atomic mass is 10.2. The smallest absolute Gasteiger partial charge is 0.223 e.